The van der Waals surface area contributed by atoms with Gasteiger partial charge < -0.3 is 10.0 Å². The van der Waals surface area contributed by atoms with Crippen molar-refractivity contribution < 1.29 is 14.7 Å². The molecule has 5 heteroatoms. The van der Waals surface area contributed by atoms with Crippen molar-refractivity contribution in [1.29, 1.82) is 0 Å². The summed E-state index contributed by atoms with van der Waals surface area (Å²) in [5.74, 6) is -0.420. The lowest BCUT2D eigenvalue weighted by Gasteiger charge is -2.33. The molecule has 0 aromatic carbocycles. The number of carboxylic acid groups (broad SMARTS) is 1. The summed E-state index contributed by atoms with van der Waals surface area (Å²) in [6.07, 6.45) is 3.53. The van der Waals surface area contributed by atoms with E-state index >= 15 is 0 Å². The molecular formula is C13H15NO3S. The Balaban J connectivity index is 1.85. The number of carbonyl (C=O) groups excluding carboxylic acids is 1. The van der Waals surface area contributed by atoms with Crippen LogP contribution in [-0.4, -0.2) is 28.4 Å². The van der Waals surface area contributed by atoms with Gasteiger partial charge in [-0.15, -0.1) is 11.3 Å². The molecule has 0 spiro atoms. The fourth-order valence-corrected chi connectivity index (χ4v) is 3.44. The van der Waals surface area contributed by atoms with Gasteiger partial charge in [-0.25, -0.2) is 4.79 Å². The van der Waals surface area contributed by atoms with E-state index in [-0.39, 0.29) is 5.91 Å². The molecule has 1 amide bonds. The molecule has 1 aliphatic heterocycles. The van der Waals surface area contributed by atoms with Gasteiger partial charge in [0.25, 0.3) is 0 Å². The average molecular weight is 265 g/mol. The Morgan fingerprint density at radius 2 is 2.22 bits per heavy atom. The Morgan fingerprint density at radius 1 is 1.44 bits per heavy atom. The lowest BCUT2D eigenvalue weighted by molar-refractivity contribution is -0.151. The van der Waals surface area contributed by atoms with Crippen molar-refractivity contribution >= 4 is 23.2 Å². The Kier molecular flexibility index (Phi) is 2.86. The van der Waals surface area contributed by atoms with Gasteiger partial charge in [-0.3, -0.25) is 4.79 Å². The van der Waals surface area contributed by atoms with Crippen molar-refractivity contribution in [3.8, 4) is 0 Å². The number of carboxylic acids is 1. The molecule has 0 radical (unpaired) electrons. The first-order chi connectivity index (χ1) is 8.66. The third-order valence-corrected chi connectivity index (χ3v) is 4.68. The maximum Gasteiger partial charge on any atom is 0.331 e. The smallest absolute Gasteiger partial charge is 0.331 e. The molecule has 3 rings (SSSR count). The van der Waals surface area contributed by atoms with E-state index in [1.54, 1.807) is 16.2 Å². The Morgan fingerprint density at radius 3 is 2.89 bits per heavy atom. The van der Waals surface area contributed by atoms with Crippen molar-refractivity contribution in [2.45, 2.75) is 31.7 Å². The first-order valence-electron chi connectivity index (χ1n) is 6.25. The van der Waals surface area contributed by atoms with Gasteiger partial charge in [-0.05, 0) is 42.2 Å². The minimum Gasteiger partial charge on any atom is -0.479 e. The fraction of sp³-hybridized carbons (Fsp3) is 0.538. The summed E-state index contributed by atoms with van der Waals surface area (Å²) in [4.78, 5) is 26.3. The number of hydrogen-bond donors (Lipinski definition) is 1. The van der Waals surface area contributed by atoms with Gasteiger partial charge in [-0.2, -0.15) is 0 Å². The van der Waals surface area contributed by atoms with Crippen LogP contribution in [0, 0.1) is 5.92 Å². The van der Waals surface area contributed by atoms with E-state index in [1.807, 2.05) is 11.4 Å². The van der Waals surface area contributed by atoms with Crippen LogP contribution in [0.4, 0.5) is 0 Å². The van der Waals surface area contributed by atoms with Crippen molar-refractivity contribution in [2.24, 2.45) is 5.92 Å². The third-order valence-electron chi connectivity index (χ3n) is 3.68. The molecule has 1 unspecified atom stereocenters. The van der Waals surface area contributed by atoms with Gasteiger partial charge >= 0.3 is 5.97 Å². The molecule has 1 fully saturated rings. The minimum atomic E-state index is -0.918. The van der Waals surface area contributed by atoms with E-state index in [9.17, 15) is 14.7 Å². The Bertz CT molecular complexity index is 492. The SMILES string of the molecule is O=C(O)C1c2ccsc2CCN1C(=O)CC1CC1. The fourth-order valence-electron chi connectivity index (χ4n) is 2.54. The highest BCUT2D eigenvalue weighted by Gasteiger charge is 2.38. The second-order valence-corrected chi connectivity index (χ2v) is 6.03. The van der Waals surface area contributed by atoms with Gasteiger partial charge in [-0.1, -0.05) is 0 Å². The van der Waals surface area contributed by atoms with Crippen LogP contribution in [0.3, 0.4) is 0 Å². The molecule has 1 aromatic rings. The van der Waals surface area contributed by atoms with E-state index in [0.29, 0.717) is 18.9 Å². The number of nitrogens with zero attached hydrogens (tertiary/aromatic N) is 1. The van der Waals surface area contributed by atoms with Gasteiger partial charge in [0.15, 0.2) is 6.04 Å². The number of carbonyl (C=O) groups is 2. The maximum absolute atomic E-state index is 12.2. The molecule has 1 aliphatic carbocycles. The highest BCUT2D eigenvalue weighted by Crippen LogP contribution is 2.37. The maximum atomic E-state index is 12.2. The zero-order chi connectivity index (χ0) is 12.7. The summed E-state index contributed by atoms with van der Waals surface area (Å²) < 4.78 is 0. The molecule has 1 saturated carbocycles. The molecule has 4 nitrogen and oxygen atoms in total. The second-order valence-electron chi connectivity index (χ2n) is 5.02. The van der Waals surface area contributed by atoms with Crippen LogP contribution in [0.15, 0.2) is 11.4 Å². The summed E-state index contributed by atoms with van der Waals surface area (Å²) in [5, 5.41) is 11.3. The van der Waals surface area contributed by atoms with E-state index in [1.165, 1.54) is 0 Å². The van der Waals surface area contributed by atoms with Crippen LogP contribution in [0.2, 0.25) is 0 Å². The highest BCUT2D eigenvalue weighted by atomic mass is 32.1. The summed E-state index contributed by atoms with van der Waals surface area (Å²) in [6, 6.07) is 1.07. The zero-order valence-corrected chi connectivity index (χ0v) is 10.8. The van der Waals surface area contributed by atoms with Crippen LogP contribution in [0.1, 0.15) is 35.7 Å². The van der Waals surface area contributed by atoms with Crippen LogP contribution >= 0.6 is 11.3 Å². The molecule has 0 bridgehead atoms. The summed E-state index contributed by atoms with van der Waals surface area (Å²) in [5.41, 5.74) is 0.808. The van der Waals surface area contributed by atoms with Crippen molar-refractivity contribution in [3.05, 3.63) is 21.9 Å². The molecule has 2 aliphatic rings. The molecule has 18 heavy (non-hydrogen) atoms. The first kappa shape index (κ1) is 11.7. The lowest BCUT2D eigenvalue weighted by atomic mass is 9.99. The van der Waals surface area contributed by atoms with E-state index < -0.39 is 12.0 Å². The predicted molar refractivity (Wildman–Crippen MR) is 67.5 cm³/mol. The molecule has 0 saturated heterocycles. The highest BCUT2D eigenvalue weighted by molar-refractivity contribution is 7.10. The number of amides is 1. The van der Waals surface area contributed by atoms with E-state index in [2.05, 4.69) is 0 Å². The molecule has 1 aromatic heterocycles. The van der Waals surface area contributed by atoms with Gasteiger partial charge in [0, 0.05) is 17.8 Å². The van der Waals surface area contributed by atoms with Gasteiger partial charge in [0.1, 0.15) is 0 Å². The molecule has 1 N–H and O–H groups in total. The molecule has 1 atom stereocenters. The second kappa shape index (κ2) is 4.39. The van der Waals surface area contributed by atoms with Crippen molar-refractivity contribution in [3.63, 3.8) is 0 Å². The van der Waals surface area contributed by atoms with Crippen LogP contribution in [0.5, 0.6) is 0 Å². The molecular weight excluding hydrogens is 250 g/mol. The van der Waals surface area contributed by atoms with Crippen molar-refractivity contribution in [2.75, 3.05) is 6.54 Å². The zero-order valence-electron chi connectivity index (χ0n) is 9.96. The topological polar surface area (TPSA) is 57.6 Å². The average Bonchev–Trinajstić information content (AvgIpc) is 3.02. The first-order valence-corrected chi connectivity index (χ1v) is 7.13. The van der Waals surface area contributed by atoms with Gasteiger partial charge in [0.05, 0.1) is 0 Å². The number of aliphatic carboxylic acids is 1. The van der Waals surface area contributed by atoms with Crippen LogP contribution in [0.25, 0.3) is 0 Å². The number of thiophene rings is 1. The Labute approximate surface area is 109 Å². The summed E-state index contributed by atoms with van der Waals surface area (Å²) in [6.45, 7) is 0.538. The number of hydrogen-bond acceptors (Lipinski definition) is 3. The van der Waals surface area contributed by atoms with Crippen LogP contribution in [-0.2, 0) is 16.0 Å². The van der Waals surface area contributed by atoms with Gasteiger partial charge in [0.2, 0.25) is 5.91 Å². The Hall–Kier alpha value is -1.36. The monoisotopic (exact) mass is 265 g/mol. The lowest BCUT2D eigenvalue weighted by Crippen LogP contribution is -2.43. The molecule has 2 heterocycles. The van der Waals surface area contributed by atoms with E-state index in [4.69, 9.17) is 0 Å². The number of rotatable bonds is 3. The normalized spacial score (nSPS) is 22.7. The quantitative estimate of drug-likeness (QED) is 0.910. The minimum absolute atomic E-state index is 0.00162. The third kappa shape index (κ3) is 2.03. The summed E-state index contributed by atoms with van der Waals surface area (Å²) >= 11 is 1.59. The standard InChI is InChI=1S/C13H15NO3S/c15-11(7-8-1-2-8)14-5-3-10-9(4-6-18-10)12(14)13(16)17/h4,6,8,12H,1-3,5,7H2,(H,16,17). The summed E-state index contributed by atoms with van der Waals surface area (Å²) in [7, 11) is 0. The predicted octanol–water partition coefficient (Wildman–Crippen LogP) is 2.06. The van der Waals surface area contributed by atoms with Crippen molar-refractivity contribution in [1.82, 2.24) is 4.90 Å². The molecule has 96 valence electrons. The van der Waals surface area contributed by atoms with Crippen LogP contribution < -0.4 is 0 Å². The largest absolute Gasteiger partial charge is 0.479 e. The number of fused-ring (bicyclic) bond motifs is 1. The van der Waals surface area contributed by atoms with E-state index in [0.717, 1.165) is 29.7 Å².